The first kappa shape index (κ1) is 45.8. The normalized spacial score (nSPS) is 12.1. The minimum Gasteiger partial charge on any atom is -0.309 e. The Labute approximate surface area is 478 Å². The fraction of sp³-hybridized carbons (Fsp3) is 0. The third-order valence-corrected chi connectivity index (χ3v) is 18.0. The molecule has 0 amide bonds. The predicted octanol–water partition coefficient (Wildman–Crippen LogP) is 19.0. The van der Waals surface area contributed by atoms with Gasteiger partial charge in [0, 0.05) is 91.3 Å². The van der Waals surface area contributed by atoms with Crippen LogP contribution in [-0.2, 0) is 0 Å². The molecule has 18 rings (SSSR count). The SMILES string of the molecule is c1ccc(-n2c3ccccc3c3cc(-c4nc(-c5ccc6c(c5)c5ccccc5n6-c5ccccc5)nc(-n5c6ccccc6c6cc7c(cc65)c5ccccc5n7-c5cccc(-c6ccc7sc8ccccc8c7c6)n5)n4)ccc32)cc1. The highest BCUT2D eigenvalue weighted by Crippen LogP contribution is 2.43. The van der Waals surface area contributed by atoms with E-state index in [4.69, 9.17) is 19.9 Å². The Morgan fingerprint density at radius 3 is 1.23 bits per heavy atom. The van der Waals surface area contributed by atoms with Crippen molar-refractivity contribution in [3.8, 4) is 57.2 Å². The molecule has 7 aromatic heterocycles. The Hall–Kier alpha value is -11.0. The van der Waals surface area contributed by atoms with Crippen LogP contribution in [0.3, 0.4) is 0 Å². The maximum atomic E-state index is 5.56. The predicted molar refractivity (Wildman–Crippen MR) is 344 cm³/mol. The summed E-state index contributed by atoms with van der Waals surface area (Å²) in [4.78, 5) is 22.1. The quantitative estimate of drug-likeness (QED) is 0.159. The summed E-state index contributed by atoms with van der Waals surface area (Å²) in [5.41, 5.74) is 14.6. The van der Waals surface area contributed by atoms with Crippen LogP contribution in [0.1, 0.15) is 0 Å². The van der Waals surface area contributed by atoms with E-state index in [1.54, 1.807) is 0 Å². The molecule has 11 aromatic carbocycles. The van der Waals surface area contributed by atoms with Crippen molar-refractivity contribution in [2.75, 3.05) is 0 Å². The summed E-state index contributed by atoms with van der Waals surface area (Å²) < 4.78 is 11.8. The standard InChI is InChI=1S/C74H44N8S/c1-3-18-48(19-4-1)79-61-28-12-7-22-50(61)55-41-46(34-37-65(55)79)72-76-73(47-35-38-66-56(42-47)51-23-8-13-29-62(51)80(66)49-20-5-2-6-21-49)78-74(77-72)82-64-31-15-10-25-53(64)58-43-67-57(44-68(58)82)52-24-9-14-30-63(52)81(67)71-33-17-27-60(75-71)45-36-39-70-59(40-45)54-26-11-16-32-69(54)83-70/h1-44H. The fourth-order valence-corrected chi connectivity index (χ4v) is 14.2. The molecule has 0 spiro atoms. The number of benzene rings is 11. The number of fused-ring (bicyclic) bond motifs is 15. The lowest BCUT2D eigenvalue weighted by Crippen LogP contribution is -2.06. The fourth-order valence-electron chi connectivity index (χ4n) is 13.1. The Balaban J connectivity index is 0.864. The second-order valence-corrected chi connectivity index (χ2v) is 22.5. The van der Waals surface area contributed by atoms with Crippen molar-refractivity contribution in [1.29, 1.82) is 0 Å². The molecule has 0 saturated heterocycles. The largest absolute Gasteiger partial charge is 0.309 e. The van der Waals surface area contributed by atoms with Gasteiger partial charge in [0.1, 0.15) is 5.82 Å². The molecule has 386 valence electrons. The summed E-state index contributed by atoms with van der Waals surface area (Å²) >= 11 is 1.83. The van der Waals surface area contributed by atoms with E-state index in [-0.39, 0.29) is 0 Å². The molecule has 18 aromatic rings. The number of aromatic nitrogens is 8. The summed E-state index contributed by atoms with van der Waals surface area (Å²) in [6.07, 6.45) is 0. The molecule has 8 nitrogen and oxygen atoms in total. The molecule has 0 aliphatic rings. The van der Waals surface area contributed by atoms with E-state index < -0.39 is 0 Å². The zero-order valence-corrected chi connectivity index (χ0v) is 45.2. The van der Waals surface area contributed by atoms with E-state index in [1.807, 2.05) is 11.3 Å². The Morgan fingerprint density at radius 1 is 0.241 bits per heavy atom. The molecule has 0 unspecified atom stereocenters. The zero-order valence-electron chi connectivity index (χ0n) is 44.4. The van der Waals surface area contributed by atoms with Gasteiger partial charge in [-0.1, -0.05) is 140 Å². The second kappa shape index (κ2) is 17.7. The lowest BCUT2D eigenvalue weighted by molar-refractivity contribution is 0.954. The van der Waals surface area contributed by atoms with Gasteiger partial charge in [0.15, 0.2) is 11.6 Å². The van der Waals surface area contributed by atoms with Crippen LogP contribution in [0.2, 0.25) is 0 Å². The molecule has 0 atom stereocenters. The van der Waals surface area contributed by atoms with Gasteiger partial charge in [-0.2, -0.15) is 9.97 Å². The van der Waals surface area contributed by atoms with Gasteiger partial charge >= 0.3 is 0 Å². The topological polar surface area (TPSA) is 71.3 Å². The smallest absolute Gasteiger partial charge is 0.238 e. The van der Waals surface area contributed by atoms with Crippen molar-refractivity contribution < 1.29 is 0 Å². The molecule has 83 heavy (non-hydrogen) atoms. The first-order chi connectivity index (χ1) is 41.1. The van der Waals surface area contributed by atoms with E-state index in [0.717, 1.165) is 127 Å². The molecular weight excluding hydrogens is 1030 g/mol. The summed E-state index contributed by atoms with van der Waals surface area (Å²) in [7, 11) is 0. The molecule has 0 aliphatic heterocycles. The molecule has 0 bridgehead atoms. The number of para-hydroxylation sites is 6. The highest BCUT2D eigenvalue weighted by molar-refractivity contribution is 7.25. The van der Waals surface area contributed by atoms with Crippen LogP contribution in [-0.4, -0.2) is 38.2 Å². The Bertz CT molecular complexity index is 5530. The third-order valence-electron chi connectivity index (χ3n) is 16.8. The van der Waals surface area contributed by atoms with Gasteiger partial charge in [0.25, 0.3) is 0 Å². The average molecular weight is 1080 g/mol. The lowest BCUT2D eigenvalue weighted by atomic mass is 10.1. The van der Waals surface area contributed by atoms with Crippen LogP contribution in [0.25, 0.3) is 165 Å². The first-order valence-corrected chi connectivity index (χ1v) is 28.8. The summed E-state index contributed by atoms with van der Waals surface area (Å²) in [6.45, 7) is 0. The van der Waals surface area contributed by atoms with Gasteiger partial charge in [0.2, 0.25) is 5.95 Å². The monoisotopic (exact) mass is 1080 g/mol. The second-order valence-electron chi connectivity index (χ2n) is 21.4. The van der Waals surface area contributed by atoms with Crippen LogP contribution < -0.4 is 0 Å². The zero-order chi connectivity index (χ0) is 54.3. The van der Waals surface area contributed by atoms with Crippen molar-refractivity contribution in [2.24, 2.45) is 0 Å². The van der Waals surface area contributed by atoms with Gasteiger partial charge < -0.3 is 9.13 Å². The highest BCUT2D eigenvalue weighted by atomic mass is 32.1. The number of hydrogen-bond acceptors (Lipinski definition) is 5. The van der Waals surface area contributed by atoms with E-state index in [9.17, 15) is 0 Å². The van der Waals surface area contributed by atoms with Crippen LogP contribution in [0, 0.1) is 0 Å². The van der Waals surface area contributed by atoms with Crippen molar-refractivity contribution in [1.82, 2.24) is 38.2 Å². The van der Waals surface area contributed by atoms with Crippen LogP contribution in [0.15, 0.2) is 267 Å². The number of nitrogens with zero attached hydrogens (tertiary/aromatic N) is 8. The molecule has 0 N–H and O–H groups in total. The maximum absolute atomic E-state index is 5.56. The molecule has 0 aliphatic carbocycles. The van der Waals surface area contributed by atoms with Crippen LogP contribution in [0.5, 0.6) is 0 Å². The summed E-state index contributed by atoms with van der Waals surface area (Å²) in [5, 5.41) is 11.5. The van der Waals surface area contributed by atoms with Gasteiger partial charge in [-0.25, -0.2) is 9.97 Å². The summed E-state index contributed by atoms with van der Waals surface area (Å²) in [6, 6.07) is 95.5. The van der Waals surface area contributed by atoms with E-state index in [0.29, 0.717) is 17.6 Å². The van der Waals surface area contributed by atoms with Crippen molar-refractivity contribution in [3.63, 3.8) is 0 Å². The highest BCUT2D eigenvalue weighted by Gasteiger charge is 2.24. The average Bonchev–Trinajstić information content (AvgIpc) is 4.31. The van der Waals surface area contributed by atoms with E-state index in [2.05, 4.69) is 285 Å². The number of rotatable bonds is 7. The van der Waals surface area contributed by atoms with Gasteiger partial charge in [-0.05, 0) is 127 Å². The van der Waals surface area contributed by atoms with Crippen molar-refractivity contribution in [3.05, 3.63) is 267 Å². The van der Waals surface area contributed by atoms with Gasteiger partial charge in [0.05, 0.1) is 49.8 Å². The van der Waals surface area contributed by atoms with Gasteiger partial charge in [-0.3, -0.25) is 9.13 Å². The van der Waals surface area contributed by atoms with Crippen molar-refractivity contribution in [2.45, 2.75) is 0 Å². The minimum absolute atomic E-state index is 0.530. The van der Waals surface area contributed by atoms with Crippen LogP contribution >= 0.6 is 11.3 Å². The Kier molecular flexibility index (Phi) is 9.80. The third kappa shape index (κ3) is 6.92. The van der Waals surface area contributed by atoms with Crippen LogP contribution in [0.4, 0.5) is 0 Å². The lowest BCUT2D eigenvalue weighted by Gasteiger charge is -2.12. The molecular formula is C74H44N8S. The van der Waals surface area contributed by atoms with Crippen molar-refractivity contribution >= 4 is 119 Å². The molecule has 0 saturated carbocycles. The number of pyridine rings is 1. The van der Waals surface area contributed by atoms with E-state index >= 15 is 0 Å². The molecule has 0 fully saturated rings. The molecule has 7 heterocycles. The molecule has 0 radical (unpaired) electrons. The Morgan fingerprint density at radius 2 is 0.663 bits per heavy atom. The van der Waals surface area contributed by atoms with E-state index in [1.165, 1.54) is 20.2 Å². The van der Waals surface area contributed by atoms with Gasteiger partial charge in [-0.15, -0.1) is 11.3 Å². The number of hydrogen-bond donors (Lipinski definition) is 0. The first-order valence-electron chi connectivity index (χ1n) is 28.0. The number of thiophene rings is 1. The minimum atomic E-state index is 0.530. The summed E-state index contributed by atoms with van der Waals surface area (Å²) in [5.74, 6) is 2.54. The maximum Gasteiger partial charge on any atom is 0.238 e. The molecule has 9 heteroatoms.